The number of hydrogen-bond donors (Lipinski definition) is 3. The molecule has 1 saturated carbocycles. The van der Waals surface area contributed by atoms with E-state index in [9.17, 15) is 14.7 Å². The van der Waals surface area contributed by atoms with Crippen molar-refractivity contribution < 1.29 is 14.7 Å². The van der Waals surface area contributed by atoms with Crippen LogP contribution in [0.3, 0.4) is 0 Å². The predicted molar refractivity (Wildman–Crippen MR) is 106 cm³/mol. The Kier molecular flexibility index (Phi) is 6.68. The van der Waals surface area contributed by atoms with E-state index < -0.39 is 23.3 Å². The lowest BCUT2D eigenvalue weighted by molar-refractivity contribution is -0.136. The molecule has 2 rings (SSSR count). The van der Waals surface area contributed by atoms with Crippen LogP contribution in [-0.2, 0) is 16.0 Å². The van der Waals surface area contributed by atoms with Gasteiger partial charge in [-0.15, -0.1) is 0 Å². The first-order chi connectivity index (χ1) is 12.5. The molecule has 0 heterocycles. The van der Waals surface area contributed by atoms with E-state index in [2.05, 4.69) is 13.8 Å². The van der Waals surface area contributed by atoms with Gasteiger partial charge < -0.3 is 16.6 Å². The lowest BCUT2D eigenvalue weighted by Gasteiger charge is -2.47. The molecule has 1 aromatic rings. The maximum atomic E-state index is 12.2. The summed E-state index contributed by atoms with van der Waals surface area (Å²) in [4.78, 5) is 24.2. The molecule has 5 heteroatoms. The summed E-state index contributed by atoms with van der Waals surface area (Å²) in [6.07, 6.45) is 4.00. The van der Waals surface area contributed by atoms with Gasteiger partial charge in [0.2, 0.25) is 11.8 Å². The second-order valence-corrected chi connectivity index (χ2v) is 9.17. The number of hydrogen-bond acceptors (Lipinski definition) is 3. The summed E-state index contributed by atoms with van der Waals surface area (Å²) < 4.78 is 0. The van der Waals surface area contributed by atoms with E-state index in [-0.39, 0.29) is 23.7 Å². The second kappa shape index (κ2) is 8.42. The molecule has 1 unspecified atom stereocenters. The van der Waals surface area contributed by atoms with Crippen LogP contribution < -0.4 is 11.5 Å². The van der Waals surface area contributed by atoms with E-state index in [0.717, 1.165) is 12.0 Å². The van der Waals surface area contributed by atoms with Crippen LogP contribution in [-0.4, -0.2) is 23.0 Å². The van der Waals surface area contributed by atoms with Crippen LogP contribution >= 0.6 is 0 Å². The van der Waals surface area contributed by atoms with Crippen molar-refractivity contribution in [2.45, 2.75) is 59.0 Å². The van der Waals surface area contributed by atoms with Gasteiger partial charge in [-0.1, -0.05) is 51.1 Å². The third-order valence-corrected chi connectivity index (χ3v) is 5.89. The van der Waals surface area contributed by atoms with Crippen molar-refractivity contribution in [3.8, 4) is 0 Å². The van der Waals surface area contributed by atoms with E-state index in [1.807, 2.05) is 43.7 Å². The van der Waals surface area contributed by atoms with Gasteiger partial charge in [0, 0.05) is 11.3 Å². The van der Waals surface area contributed by atoms with E-state index in [1.165, 1.54) is 0 Å². The van der Waals surface area contributed by atoms with E-state index in [1.54, 1.807) is 0 Å². The van der Waals surface area contributed by atoms with Gasteiger partial charge in [-0.2, -0.15) is 0 Å². The molecule has 5 N–H and O–H groups in total. The minimum atomic E-state index is -0.729. The largest absolute Gasteiger partial charge is 0.393 e. The molecule has 0 spiro atoms. The number of carbonyl (C=O) groups is 2. The second-order valence-electron chi connectivity index (χ2n) is 9.17. The molecule has 0 saturated heterocycles. The highest BCUT2D eigenvalue weighted by Gasteiger charge is 2.47. The van der Waals surface area contributed by atoms with Gasteiger partial charge in [-0.25, -0.2) is 0 Å². The fourth-order valence-electron chi connectivity index (χ4n) is 4.82. The molecule has 0 aliphatic heterocycles. The van der Waals surface area contributed by atoms with Crippen LogP contribution in [0.5, 0.6) is 0 Å². The Balaban J connectivity index is 2.06. The van der Waals surface area contributed by atoms with Crippen molar-refractivity contribution >= 4 is 11.8 Å². The minimum Gasteiger partial charge on any atom is -0.393 e. The summed E-state index contributed by atoms with van der Waals surface area (Å²) in [6.45, 7) is 6.06. The van der Waals surface area contributed by atoms with Gasteiger partial charge in [-0.3, -0.25) is 9.59 Å². The number of primary amides is 2. The highest BCUT2D eigenvalue weighted by molar-refractivity contribution is 5.81. The summed E-state index contributed by atoms with van der Waals surface area (Å²) in [5, 5.41) is 10.5. The number of benzene rings is 1. The van der Waals surface area contributed by atoms with Crippen molar-refractivity contribution in [1.82, 2.24) is 0 Å². The Morgan fingerprint density at radius 2 is 1.81 bits per heavy atom. The van der Waals surface area contributed by atoms with Crippen LogP contribution in [0.4, 0.5) is 0 Å². The highest BCUT2D eigenvalue weighted by atomic mass is 16.3. The zero-order valence-electron chi connectivity index (χ0n) is 16.7. The van der Waals surface area contributed by atoms with Crippen molar-refractivity contribution in [3.05, 3.63) is 42.3 Å². The molecule has 1 aromatic carbocycles. The Bertz CT molecular complexity index is 659. The average molecular weight is 374 g/mol. The highest BCUT2D eigenvalue weighted by Crippen LogP contribution is 2.51. The number of aliphatic hydroxyl groups excluding tert-OH is 1. The SMILES string of the molecule is CC1(C)C[C@H]([C@H](C[C@@H](O)[CH]Cc2ccccc2)C(N)=O)CC(C)(C(N)=O)C1. The molecule has 2 amide bonds. The van der Waals surface area contributed by atoms with Crippen LogP contribution in [0.25, 0.3) is 0 Å². The quantitative estimate of drug-likeness (QED) is 0.652. The monoisotopic (exact) mass is 373 g/mol. The maximum Gasteiger partial charge on any atom is 0.223 e. The fourth-order valence-corrected chi connectivity index (χ4v) is 4.82. The third-order valence-electron chi connectivity index (χ3n) is 5.89. The third kappa shape index (κ3) is 5.80. The van der Waals surface area contributed by atoms with Gasteiger partial charge >= 0.3 is 0 Å². The molecule has 4 atom stereocenters. The number of nitrogens with two attached hydrogens (primary N) is 2. The molecule has 0 bridgehead atoms. The summed E-state index contributed by atoms with van der Waals surface area (Å²) in [5.41, 5.74) is 11.7. The number of amides is 2. The van der Waals surface area contributed by atoms with E-state index in [4.69, 9.17) is 11.5 Å². The van der Waals surface area contributed by atoms with Crippen LogP contribution in [0.2, 0.25) is 0 Å². The smallest absolute Gasteiger partial charge is 0.223 e. The van der Waals surface area contributed by atoms with E-state index in [0.29, 0.717) is 19.3 Å². The van der Waals surface area contributed by atoms with Gasteiger partial charge in [-0.05, 0) is 55.4 Å². The molecular formula is C22H33N2O3. The zero-order chi connectivity index (χ0) is 20.2. The molecule has 1 aliphatic carbocycles. The standard InChI is InChI=1S/C22H33N2O3/c1-21(2)12-16(13-22(3,14-21)20(24)27)18(19(23)26)11-17(25)10-9-15-7-5-4-6-8-15/h4-8,10,16-18,25H,9,11-14H2,1-3H3,(H2,23,26)(H2,24,27)/t16-,17-,18-,22?/m0/s1. The molecule has 1 fully saturated rings. The van der Waals surface area contributed by atoms with Crippen molar-refractivity contribution in [3.63, 3.8) is 0 Å². The Hall–Kier alpha value is -1.88. The molecule has 5 nitrogen and oxygen atoms in total. The van der Waals surface area contributed by atoms with Crippen molar-refractivity contribution in [1.29, 1.82) is 0 Å². The molecule has 27 heavy (non-hydrogen) atoms. The zero-order valence-corrected chi connectivity index (χ0v) is 16.7. The first-order valence-electron chi connectivity index (χ1n) is 9.67. The summed E-state index contributed by atoms with van der Waals surface area (Å²) in [5.74, 6) is -1.30. The first kappa shape index (κ1) is 21.4. The topological polar surface area (TPSA) is 106 Å². The van der Waals surface area contributed by atoms with Gasteiger partial charge in [0.15, 0.2) is 0 Å². The van der Waals surface area contributed by atoms with Crippen LogP contribution in [0.15, 0.2) is 30.3 Å². The van der Waals surface area contributed by atoms with Gasteiger partial charge in [0.25, 0.3) is 0 Å². The summed E-state index contributed by atoms with van der Waals surface area (Å²) in [7, 11) is 0. The van der Waals surface area contributed by atoms with E-state index >= 15 is 0 Å². The Morgan fingerprint density at radius 1 is 1.19 bits per heavy atom. The maximum absolute atomic E-state index is 12.2. The summed E-state index contributed by atoms with van der Waals surface area (Å²) in [6, 6.07) is 9.85. The van der Waals surface area contributed by atoms with Crippen molar-refractivity contribution in [2.75, 3.05) is 0 Å². The number of aliphatic hydroxyl groups is 1. The number of rotatable bonds is 8. The van der Waals surface area contributed by atoms with Crippen molar-refractivity contribution in [2.24, 2.45) is 34.1 Å². The van der Waals surface area contributed by atoms with Gasteiger partial charge in [0.1, 0.15) is 0 Å². The predicted octanol–water partition coefficient (Wildman–Crippen LogP) is 2.60. The molecule has 1 aliphatic rings. The first-order valence-corrected chi connectivity index (χ1v) is 9.67. The Labute approximate surface area is 162 Å². The molecule has 149 valence electrons. The number of carbonyl (C=O) groups excluding carboxylic acids is 2. The normalized spacial score (nSPS) is 26.9. The average Bonchev–Trinajstić information content (AvgIpc) is 2.56. The lowest BCUT2D eigenvalue weighted by Crippen LogP contribution is -2.47. The Morgan fingerprint density at radius 3 is 2.37 bits per heavy atom. The molecule has 0 aromatic heterocycles. The van der Waals surface area contributed by atoms with Crippen LogP contribution in [0, 0.1) is 29.1 Å². The fraction of sp³-hybridized carbons (Fsp3) is 0.591. The molecular weight excluding hydrogens is 340 g/mol. The van der Waals surface area contributed by atoms with Crippen LogP contribution in [0.1, 0.15) is 52.0 Å². The minimum absolute atomic E-state index is 0.0662. The molecule has 1 radical (unpaired) electrons. The summed E-state index contributed by atoms with van der Waals surface area (Å²) >= 11 is 0. The lowest BCUT2D eigenvalue weighted by atomic mass is 9.57. The van der Waals surface area contributed by atoms with Gasteiger partial charge in [0.05, 0.1) is 6.10 Å².